The Hall–Kier alpha value is -4.38. The topological polar surface area (TPSA) is 155 Å². The van der Waals surface area contributed by atoms with Crippen molar-refractivity contribution in [2.75, 3.05) is 26.4 Å². The van der Waals surface area contributed by atoms with Gasteiger partial charge in [-0.05, 0) is 103 Å². The standard InChI is InChI=1S/C62H99O11P/c1-4-7-10-13-16-19-22-25-27-28-29-30-32-35-38-41-44-47-50-53-62(66)73-59(55-69-60(64)51-48-45-42-39-36-33-24-21-18-15-12-9-6-3)57-71-74(67,68)70-56-58(54-63)72-61(65)52-49-46-43-40-37-34-31-26-23-20-17-14-11-8-5-2/h8-9,11-12,16-21,25-27,31,33,36-37,40,42,45-46,49,58-59,63H,4-7,10,13-15,22-24,28-30,32,34-35,38-39,41,43-44,47-48,50-57H2,1-3H3,(H,67,68)/b11-8-,12-9-,19-16-,20-17-,21-18-,27-25-,31-26-,36-33-,40-37-,45-42-,49-46-. The Bertz CT molecular complexity index is 1750. The maximum Gasteiger partial charge on any atom is 0.472 e. The Kier molecular flexibility index (Phi) is 51.6. The van der Waals surface area contributed by atoms with E-state index in [-0.39, 0.29) is 19.3 Å². The molecule has 0 rings (SSSR count). The molecule has 418 valence electrons. The number of esters is 3. The van der Waals surface area contributed by atoms with Crippen LogP contribution >= 0.6 is 7.82 Å². The van der Waals surface area contributed by atoms with Crippen molar-refractivity contribution in [1.82, 2.24) is 0 Å². The molecule has 0 aliphatic carbocycles. The number of hydrogen-bond donors (Lipinski definition) is 2. The molecule has 0 aliphatic heterocycles. The third-order valence-corrected chi connectivity index (χ3v) is 12.0. The fourth-order valence-corrected chi connectivity index (χ4v) is 7.67. The van der Waals surface area contributed by atoms with Crippen molar-refractivity contribution < 1.29 is 52.2 Å². The Labute approximate surface area is 449 Å². The average molecular weight is 1050 g/mol. The first-order valence-electron chi connectivity index (χ1n) is 28.1. The number of hydrogen-bond acceptors (Lipinski definition) is 10. The number of allylic oxidation sites excluding steroid dienone is 21. The Balaban J connectivity index is 4.88. The Morgan fingerprint density at radius 2 is 0.784 bits per heavy atom. The van der Waals surface area contributed by atoms with Crippen LogP contribution in [-0.4, -0.2) is 66.5 Å². The molecule has 0 aromatic heterocycles. The molecule has 3 atom stereocenters. The zero-order chi connectivity index (χ0) is 54.1. The van der Waals surface area contributed by atoms with Crippen molar-refractivity contribution in [1.29, 1.82) is 0 Å². The van der Waals surface area contributed by atoms with Crippen LogP contribution in [0.1, 0.15) is 201 Å². The van der Waals surface area contributed by atoms with E-state index in [0.29, 0.717) is 19.3 Å². The van der Waals surface area contributed by atoms with Gasteiger partial charge in [0.1, 0.15) is 12.7 Å². The van der Waals surface area contributed by atoms with E-state index in [9.17, 15) is 28.9 Å². The van der Waals surface area contributed by atoms with Gasteiger partial charge < -0.3 is 24.2 Å². The van der Waals surface area contributed by atoms with Crippen molar-refractivity contribution in [3.8, 4) is 0 Å². The minimum atomic E-state index is -4.80. The van der Waals surface area contributed by atoms with Crippen LogP contribution in [0, 0.1) is 0 Å². The molecule has 12 heteroatoms. The fourth-order valence-electron chi connectivity index (χ4n) is 6.89. The van der Waals surface area contributed by atoms with Crippen molar-refractivity contribution >= 4 is 25.7 Å². The highest BCUT2D eigenvalue weighted by atomic mass is 31.2. The van der Waals surface area contributed by atoms with E-state index >= 15 is 0 Å². The van der Waals surface area contributed by atoms with Crippen molar-refractivity contribution in [3.63, 3.8) is 0 Å². The molecular formula is C62H99O11P. The second kappa shape index (κ2) is 54.9. The maximum atomic E-state index is 12.9. The number of carbonyl (C=O) groups excluding carboxylic acids is 3. The van der Waals surface area contributed by atoms with Crippen molar-refractivity contribution in [2.45, 2.75) is 213 Å². The predicted molar refractivity (Wildman–Crippen MR) is 306 cm³/mol. The van der Waals surface area contributed by atoms with E-state index in [1.54, 1.807) is 6.08 Å². The molecule has 0 saturated heterocycles. The number of aliphatic hydroxyl groups is 1. The van der Waals surface area contributed by atoms with Crippen LogP contribution in [0.2, 0.25) is 0 Å². The maximum absolute atomic E-state index is 12.9. The lowest BCUT2D eigenvalue weighted by Crippen LogP contribution is -2.30. The summed E-state index contributed by atoms with van der Waals surface area (Å²) >= 11 is 0. The molecule has 0 radical (unpaired) electrons. The number of unbranched alkanes of at least 4 members (excludes halogenated alkanes) is 12. The van der Waals surface area contributed by atoms with Crippen LogP contribution in [0.15, 0.2) is 134 Å². The highest BCUT2D eigenvalue weighted by molar-refractivity contribution is 7.47. The summed E-state index contributed by atoms with van der Waals surface area (Å²) in [6.07, 6.45) is 68.9. The molecule has 0 amide bonds. The number of phosphoric acid groups is 1. The zero-order valence-corrected chi connectivity index (χ0v) is 46.9. The minimum absolute atomic E-state index is 0.0664. The van der Waals surface area contributed by atoms with E-state index in [1.807, 2.05) is 30.4 Å². The third-order valence-electron chi connectivity index (χ3n) is 11.1. The average Bonchev–Trinajstić information content (AvgIpc) is 3.39. The first-order chi connectivity index (χ1) is 36.2. The lowest BCUT2D eigenvalue weighted by molar-refractivity contribution is -0.161. The normalized spacial score (nSPS) is 14.4. The van der Waals surface area contributed by atoms with Gasteiger partial charge in [0.25, 0.3) is 0 Å². The largest absolute Gasteiger partial charge is 0.472 e. The van der Waals surface area contributed by atoms with Gasteiger partial charge in [-0.25, -0.2) is 4.57 Å². The number of ether oxygens (including phenoxy) is 3. The molecule has 0 saturated carbocycles. The second-order valence-electron chi connectivity index (χ2n) is 18.0. The smallest absolute Gasteiger partial charge is 0.462 e. The van der Waals surface area contributed by atoms with Gasteiger partial charge in [0.15, 0.2) is 6.10 Å². The van der Waals surface area contributed by atoms with Gasteiger partial charge in [0.2, 0.25) is 0 Å². The first-order valence-corrected chi connectivity index (χ1v) is 29.6. The first kappa shape index (κ1) is 69.6. The SMILES string of the molecule is CC/C=C\C/C=C\C/C=C\C/C=C\C/C=C\CC(=O)OC(CO)COP(=O)(O)OCC(COC(=O)CC/C=C\C/C=C\C/C=C\C/C=C\CC)OC(=O)CCCCCCCCCCC/C=C\C/C=C\CCCCC. The van der Waals surface area contributed by atoms with Crippen molar-refractivity contribution in [2.24, 2.45) is 0 Å². The van der Waals surface area contributed by atoms with Crippen LogP contribution in [0.4, 0.5) is 0 Å². The van der Waals surface area contributed by atoms with E-state index in [2.05, 4.69) is 118 Å². The van der Waals surface area contributed by atoms with Crippen molar-refractivity contribution in [3.05, 3.63) is 134 Å². The lowest BCUT2D eigenvalue weighted by atomic mass is 10.1. The molecule has 2 N–H and O–H groups in total. The number of carbonyl (C=O) groups is 3. The quantitative estimate of drug-likeness (QED) is 0.0197. The fraction of sp³-hybridized carbons (Fsp3) is 0.597. The lowest BCUT2D eigenvalue weighted by Gasteiger charge is -2.21. The number of aliphatic hydroxyl groups excluding tert-OH is 1. The van der Waals surface area contributed by atoms with Crippen LogP contribution in [0.3, 0.4) is 0 Å². The van der Waals surface area contributed by atoms with Crippen LogP contribution in [0.25, 0.3) is 0 Å². The molecule has 0 aromatic carbocycles. The predicted octanol–water partition coefficient (Wildman–Crippen LogP) is 16.6. The molecule has 0 spiro atoms. The van der Waals surface area contributed by atoms with Gasteiger partial charge in [-0.2, -0.15) is 0 Å². The molecule has 0 aliphatic rings. The zero-order valence-electron chi connectivity index (χ0n) is 46.0. The Morgan fingerprint density at radius 3 is 1.24 bits per heavy atom. The molecular weight excluding hydrogens is 952 g/mol. The van der Waals surface area contributed by atoms with Gasteiger partial charge in [-0.15, -0.1) is 0 Å². The minimum Gasteiger partial charge on any atom is -0.462 e. The van der Waals surface area contributed by atoms with Gasteiger partial charge in [0, 0.05) is 12.8 Å². The van der Waals surface area contributed by atoms with E-state index in [1.165, 1.54) is 51.4 Å². The van der Waals surface area contributed by atoms with E-state index in [0.717, 1.165) is 89.9 Å². The van der Waals surface area contributed by atoms with Gasteiger partial charge in [-0.3, -0.25) is 23.4 Å². The molecule has 0 bridgehead atoms. The highest BCUT2D eigenvalue weighted by Gasteiger charge is 2.28. The summed E-state index contributed by atoms with van der Waals surface area (Å²) < 4.78 is 39.3. The summed E-state index contributed by atoms with van der Waals surface area (Å²) in [4.78, 5) is 48.4. The van der Waals surface area contributed by atoms with Gasteiger partial charge in [0.05, 0.1) is 26.2 Å². The van der Waals surface area contributed by atoms with Crippen LogP contribution < -0.4 is 0 Å². The van der Waals surface area contributed by atoms with E-state index < -0.39 is 64.4 Å². The highest BCUT2D eigenvalue weighted by Crippen LogP contribution is 2.43. The monoisotopic (exact) mass is 1050 g/mol. The van der Waals surface area contributed by atoms with E-state index in [4.69, 9.17) is 23.3 Å². The summed E-state index contributed by atoms with van der Waals surface area (Å²) in [6, 6.07) is 0. The summed E-state index contributed by atoms with van der Waals surface area (Å²) in [5, 5.41) is 9.78. The molecule has 0 aromatic rings. The van der Waals surface area contributed by atoms with Gasteiger partial charge >= 0.3 is 25.7 Å². The molecule has 0 fully saturated rings. The second-order valence-corrected chi connectivity index (χ2v) is 19.4. The van der Waals surface area contributed by atoms with Crippen LogP contribution in [0.5, 0.6) is 0 Å². The summed E-state index contributed by atoms with van der Waals surface area (Å²) in [6.45, 7) is 4.17. The molecule has 11 nitrogen and oxygen atoms in total. The number of rotatable bonds is 50. The molecule has 3 unspecified atom stereocenters. The third kappa shape index (κ3) is 52.5. The summed E-state index contributed by atoms with van der Waals surface area (Å²) in [5.74, 6) is -1.72. The number of phosphoric ester groups is 1. The summed E-state index contributed by atoms with van der Waals surface area (Å²) in [5.41, 5.74) is 0. The summed E-state index contributed by atoms with van der Waals surface area (Å²) in [7, 11) is -4.80. The van der Waals surface area contributed by atoms with Crippen LogP contribution in [-0.2, 0) is 42.2 Å². The molecule has 74 heavy (non-hydrogen) atoms. The van der Waals surface area contributed by atoms with Gasteiger partial charge in [-0.1, -0.05) is 212 Å². The Morgan fingerprint density at radius 1 is 0.405 bits per heavy atom. The molecule has 0 heterocycles.